The summed E-state index contributed by atoms with van der Waals surface area (Å²) in [5, 5.41) is 10.2. The van der Waals surface area contributed by atoms with Gasteiger partial charge in [-0.2, -0.15) is 0 Å². The van der Waals surface area contributed by atoms with Gasteiger partial charge in [-0.25, -0.2) is 5.84 Å². The second-order valence-electron chi connectivity index (χ2n) is 13.8. The van der Waals surface area contributed by atoms with E-state index >= 15 is 0 Å². The minimum atomic E-state index is 0.969. The molecule has 0 atom stereocenters. The quantitative estimate of drug-likeness (QED) is 0.0892. The molecule has 0 unspecified atom stereocenters. The summed E-state index contributed by atoms with van der Waals surface area (Å²) in [5.74, 6) is 5.58. The van der Waals surface area contributed by atoms with Crippen LogP contribution in [0.2, 0.25) is 0 Å². The number of allylic oxidation sites excluding steroid dienone is 7. The van der Waals surface area contributed by atoms with Crippen LogP contribution in [0.5, 0.6) is 0 Å². The lowest BCUT2D eigenvalue weighted by atomic mass is 10.00. The first-order valence-electron chi connectivity index (χ1n) is 18.7. The van der Waals surface area contributed by atoms with Crippen molar-refractivity contribution >= 4 is 55.4 Å². The van der Waals surface area contributed by atoms with E-state index < -0.39 is 0 Å². The Morgan fingerprint density at radius 1 is 0.833 bits per heavy atom. The van der Waals surface area contributed by atoms with Crippen LogP contribution >= 0.6 is 0 Å². The molecular formula is C49H49N5. The predicted molar refractivity (Wildman–Crippen MR) is 235 cm³/mol. The molecule has 5 heteroatoms. The topological polar surface area (TPSA) is 51.2 Å². The van der Waals surface area contributed by atoms with Crippen molar-refractivity contribution in [1.29, 1.82) is 0 Å². The molecule has 0 radical (unpaired) electrons. The fraction of sp³-hybridized carbons (Fsp3) is 0.143. The number of para-hydroxylation sites is 2. The zero-order valence-electron chi connectivity index (χ0n) is 31.8. The molecule has 2 aromatic heterocycles. The number of aromatic nitrogens is 2. The number of benzene rings is 5. The van der Waals surface area contributed by atoms with Gasteiger partial charge in [-0.1, -0.05) is 99.0 Å². The van der Waals surface area contributed by atoms with Crippen molar-refractivity contribution < 1.29 is 0 Å². The number of hydrazine groups is 1. The van der Waals surface area contributed by atoms with Gasteiger partial charge < -0.3 is 19.5 Å². The summed E-state index contributed by atoms with van der Waals surface area (Å²) in [6, 6.07) is 37.4. The van der Waals surface area contributed by atoms with Crippen LogP contribution in [0.3, 0.4) is 0 Å². The molecule has 0 fully saturated rings. The molecule has 3 N–H and O–H groups in total. The molecule has 0 aliphatic heterocycles. The maximum atomic E-state index is 5.58. The zero-order valence-corrected chi connectivity index (χ0v) is 31.8. The number of hydrogen-bond acceptors (Lipinski definition) is 3. The summed E-state index contributed by atoms with van der Waals surface area (Å²) in [7, 11) is 4.01. The molecular weight excluding hydrogens is 659 g/mol. The molecule has 0 amide bonds. The average molecular weight is 708 g/mol. The molecule has 0 spiro atoms. The Morgan fingerprint density at radius 2 is 1.52 bits per heavy atom. The van der Waals surface area contributed by atoms with E-state index in [1.54, 1.807) is 5.01 Å². The maximum absolute atomic E-state index is 5.58. The van der Waals surface area contributed by atoms with Gasteiger partial charge in [-0.15, -0.1) is 0 Å². The minimum absolute atomic E-state index is 0.969. The number of likely N-dealkylation sites (N-methyl/N-ethyl adjacent to an activating group) is 1. The minimum Gasteiger partial charge on any atom is -0.355 e. The van der Waals surface area contributed by atoms with E-state index in [4.69, 9.17) is 5.84 Å². The highest BCUT2D eigenvalue weighted by atomic mass is 15.4. The van der Waals surface area contributed by atoms with Gasteiger partial charge in [0, 0.05) is 69.5 Å². The first kappa shape index (κ1) is 36.1. The molecule has 5 nitrogen and oxygen atoms in total. The summed E-state index contributed by atoms with van der Waals surface area (Å²) in [6.07, 6.45) is 17.5. The Hall–Kier alpha value is -6.30. The number of nitrogens with one attached hydrogen (secondary N) is 1. The van der Waals surface area contributed by atoms with Crippen molar-refractivity contribution in [2.75, 3.05) is 12.4 Å². The molecule has 1 aliphatic carbocycles. The summed E-state index contributed by atoms with van der Waals surface area (Å²) in [6.45, 7) is 12.3. The normalized spacial score (nSPS) is 13.2. The number of anilines is 1. The third-order valence-electron chi connectivity index (χ3n) is 10.3. The molecule has 1 aliphatic rings. The number of nitrogens with zero attached hydrogens (tertiary/aromatic N) is 3. The molecule has 0 saturated heterocycles. The second kappa shape index (κ2) is 15.7. The number of aryl methyl sites for hydroxylation is 1. The standard InChI is InChI=1S/C41H35N3.C8H14N2/c1-5-8-15-30(14-6-2)42-37-23-22-34-36-27-28(20-24-38(36)43(4)41(34)32(37)7-3)29-21-25-40-35(26-29)33-18-12-13-19-39(33)44(40)31-16-10-9-11-17-31;1-7-5-3-4-6-8(7)10(2)9/h6-27,42H,2-3,5H2,1,4H3;4,6H,3,5,9H2,1-2H3/b15-8-,30-14+;. The van der Waals surface area contributed by atoms with E-state index in [0.29, 0.717) is 0 Å². The molecule has 7 aromatic rings. The summed E-state index contributed by atoms with van der Waals surface area (Å²) in [4.78, 5) is 0. The largest absolute Gasteiger partial charge is 0.355 e. The van der Waals surface area contributed by atoms with Gasteiger partial charge in [-0.3, -0.25) is 0 Å². The van der Waals surface area contributed by atoms with Gasteiger partial charge >= 0.3 is 0 Å². The predicted octanol–water partition coefficient (Wildman–Crippen LogP) is 12.6. The van der Waals surface area contributed by atoms with E-state index in [2.05, 4.69) is 176 Å². The second-order valence-corrected chi connectivity index (χ2v) is 13.8. The molecule has 2 heterocycles. The maximum Gasteiger partial charge on any atom is 0.0583 e. The highest BCUT2D eigenvalue weighted by Gasteiger charge is 2.17. The average Bonchev–Trinajstić information content (AvgIpc) is 3.68. The van der Waals surface area contributed by atoms with Gasteiger partial charge in [-0.05, 0) is 110 Å². The number of rotatable bonds is 9. The molecule has 5 aromatic carbocycles. The van der Waals surface area contributed by atoms with Crippen LogP contribution in [0.25, 0.3) is 66.5 Å². The lowest BCUT2D eigenvalue weighted by Gasteiger charge is -2.19. The van der Waals surface area contributed by atoms with Gasteiger partial charge in [0.15, 0.2) is 0 Å². The third kappa shape index (κ3) is 6.82. The Morgan fingerprint density at radius 3 is 2.19 bits per heavy atom. The lowest BCUT2D eigenvalue weighted by Crippen LogP contribution is -2.25. The first-order valence-corrected chi connectivity index (χ1v) is 18.7. The summed E-state index contributed by atoms with van der Waals surface area (Å²) in [5.41, 5.74) is 14.0. The Labute approximate surface area is 319 Å². The van der Waals surface area contributed by atoms with Crippen LogP contribution in [0.15, 0.2) is 170 Å². The van der Waals surface area contributed by atoms with Crippen molar-refractivity contribution in [3.8, 4) is 16.8 Å². The van der Waals surface area contributed by atoms with Crippen molar-refractivity contribution in [3.63, 3.8) is 0 Å². The number of fused-ring (bicyclic) bond motifs is 6. The highest BCUT2D eigenvalue weighted by molar-refractivity contribution is 6.14. The van der Waals surface area contributed by atoms with Crippen LogP contribution in [-0.2, 0) is 7.05 Å². The van der Waals surface area contributed by atoms with E-state index in [9.17, 15) is 0 Å². The van der Waals surface area contributed by atoms with Crippen molar-refractivity contribution in [2.24, 2.45) is 12.9 Å². The van der Waals surface area contributed by atoms with E-state index in [1.165, 1.54) is 60.5 Å². The first-order chi connectivity index (χ1) is 26.3. The van der Waals surface area contributed by atoms with Gasteiger partial charge in [0.25, 0.3) is 0 Å². The van der Waals surface area contributed by atoms with Crippen molar-refractivity contribution in [2.45, 2.75) is 33.1 Å². The van der Waals surface area contributed by atoms with Gasteiger partial charge in [0.2, 0.25) is 0 Å². The van der Waals surface area contributed by atoms with Gasteiger partial charge in [0.1, 0.15) is 0 Å². The fourth-order valence-electron chi connectivity index (χ4n) is 7.70. The van der Waals surface area contributed by atoms with E-state index in [0.717, 1.165) is 47.4 Å². The van der Waals surface area contributed by atoms with E-state index in [-0.39, 0.29) is 0 Å². The monoisotopic (exact) mass is 707 g/mol. The SMILES string of the molecule is C=C/C=C(\C=C/CC)Nc1ccc2c3cc(-c4ccc5c(c4)c4ccccc4n5-c4ccccc4)ccc3n(C)c2c1C=C.CC1=C(N(C)N)C=CCC1. The Bertz CT molecular complexity index is 2640. The molecule has 270 valence electrons. The molecule has 54 heavy (non-hydrogen) atoms. The van der Waals surface area contributed by atoms with Crippen LogP contribution in [-0.4, -0.2) is 21.2 Å². The highest BCUT2D eigenvalue weighted by Crippen LogP contribution is 2.39. The Balaban J connectivity index is 0.000000392. The fourth-order valence-corrected chi connectivity index (χ4v) is 7.70. The third-order valence-corrected chi connectivity index (χ3v) is 10.3. The van der Waals surface area contributed by atoms with E-state index in [1.807, 2.05) is 25.3 Å². The van der Waals surface area contributed by atoms with Crippen molar-refractivity contribution in [1.82, 2.24) is 14.1 Å². The van der Waals surface area contributed by atoms with Crippen LogP contribution in [0.1, 0.15) is 38.7 Å². The lowest BCUT2D eigenvalue weighted by molar-refractivity contribution is 0.445. The molecule has 8 rings (SSSR count). The summed E-state index contributed by atoms with van der Waals surface area (Å²) < 4.78 is 4.64. The zero-order chi connectivity index (χ0) is 37.8. The van der Waals surface area contributed by atoms with Crippen LogP contribution in [0.4, 0.5) is 5.69 Å². The van der Waals surface area contributed by atoms with Crippen LogP contribution < -0.4 is 11.2 Å². The van der Waals surface area contributed by atoms with Crippen molar-refractivity contribution in [3.05, 3.63) is 175 Å². The van der Waals surface area contributed by atoms with Gasteiger partial charge in [0.05, 0.1) is 16.6 Å². The number of hydrogen-bond donors (Lipinski definition) is 2. The number of nitrogens with two attached hydrogens (primary N) is 1. The smallest absolute Gasteiger partial charge is 0.0583 e. The molecule has 0 bridgehead atoms. The summed E-state index contributed by atoms with van der Waals surface area (Å²) >= 11 is 0. The Kier molecular flexibility index (Phi) is 10.5. The van der Waals surface area contributed by atoms with Crippen LogP contribution in [0, 0.1) is 0 Å². The molecule has 0 saturated carbocycles.